The van der Waals surface area contributed by atoms with E-state index in [0.717, 1.165) is 38.7 Å². The van der Waals surface area contributed by atoms with E-state index >= 15 is 0 Å². The summed E-state index contributed by atoms with van der Waals surface area (Å²) in [6.45, 7) is 2.07. The first-order valence-electron chi connectivity index (χ1n) is 10.1. The van der Waals surface area contributed by atoms with Gasteiger partial charge in [-0.05, 0) is 30.2 Å². The average molecular weight is 424 g/mol. The topological polar surface area (TPSA) is 46.4 Å². The van der Waals surface area contributed by atoms with Crippen LogP contribution in [-0.4, -0.2) is 15.3 Å². The van der Waals surface area contributed by atoms with E-state index in [-0.39, 0.29) is 11.8 Å². The molecule has 0 radical (unpaired) electrons. The molecule has 2 heterocycles. The second-order valence-corrected chi connectivity index (χ2v) is 8.32. The lowest BCUT2D eigenvalue weighted by molar-refractivity contribution is -0.116. The Kier molecular flexibility index (Phi) is 5.10. The van der Waals surface area contributed by atoms with E-state index in [1.165, 1.54) is 0 Å². The lowest BCUT2D eigenvalue weighted by Gasteiger charge is -2.18. The molecule has 0 atom stereocenters. The Morgan fingerprint density at radius 1 is 0.935 bits per heavy atom. The van der Waals surface area contributed by atoms with Crippen LogP contribution in [-0.2, 0) is 4.79 Å². The van der Waals surface area contributed by atoms with Gasteiger partial charge in [-0.25, -0.2) is 4.98 Å². The molecule has 5 heteroatoms. The van der Waals surface area contributed by atoms with Crippen LogP contribution in [0.4, 0.5) is 5.69 Å². The Labute approximate surface area is 184 Å². The number of nitrogens with one attached hydrogen (secondary N) is 1. The summed E-state index contributed by atoms with van der Waals surface area (Å²) in [6.07, 6.45) is 2.04. The molecule has 0 aliphatic heterocycles. The Morgan fingerprint density at radius 3 is 2.26 bits per heavy atom. The van der Waals surface area contributed by atoms with E-state index in [4.69, 9.17) is 4.98 Å². The molecule has 2 aromatic heterocycles. The average Bonchev–Trinajstić information content (AvgIpc) is 3.38. The molecule has 0 bridgehead atoms. The van der Waals surface area contributed by atoms with Gasteiger partial charge in [0, 0.05) is 28.5 Å². The fraction of sp³-hybridized carbons (Fsp3) is 0.0769. The van der Waals surface area contributed by atoms with Crippen LogP contribution in [0.1, 0.15) is 22.7 Å². The van der Waals surface area contributed by atoms with Crippen molar-refractivity contribution < 1.29 is 4.79 Å². The molecule has 0 spiro atoms. The van der Waals surface area contributed by atoms with Crippen molar-refractivity contribution in [3.05, 3.63) is 113 Å². The van der Waals surface area contributed by atoms with E-state index in [9.17, 15) is 4.79 Å². The number of thiazole rings is 1. The zero-order chi connectivity index (χ0) is 21.2. The van der Waals surface area contributed by atoms with E-state index in [1.54, 1.807) is 11.3 Å². The van der Waals surface area contributed by atoms with Crippen LogP contribution in [0.2, 0.25) is 0 Å². The quantitative estimate of drug-likeness (QED) is 0.369. The largest absolute Gasteiger partial charge is 0.325 e. The number of aromatic nitrogens is 2. The molecular weight excluding hydrogens is 402 g/mol. The smallest absolute Gasteiger partial charge is 0.236 e. The number of aryl methyl sites for hydroxylation is 1. The molecule has 31 heavy (non-hydrogen) atoms. The molecule has 1 N–H and O–H groups in total. The molecule has 0 saturated heterocycles. The summed E-state index contributed by atoms with van der Waals surface area (Å²) in [5, 5.41) is 5.21. The van der Waals surface area contributed by atoms with Crippen molar-refractivity contribution in [2.75, 3.05) is 5.32 Å². The number of hydrogen-bond acceptors (Lipinski definition) is 3. The first kappa shape index (κ1) is 19.3. The van der Waals surface area contributed by atoms with Crippen LogP contribution in [0.15, 0.2) is 96.5 Å². The van der Waals surface area contributed by atoms with Gasteiger partial charge in [-0.1, -0.05) is 72.8 Å². The van der Waals surface area contributed by atoms with E-state index in [2.05, 4.69) is 22.0 Å². The van der Waals surface area contributed by atoms with Gasteiger partial charge in [0.2, 0.25) is 5.91 Å². The third-order valence-electron chi connectivity index (χ3n) is 5.34. The Hall–Kier alpha value is -3.70. The molecule has 3 aromatic carbocycles. The van der Waals surface area contributed by atoms with Crippen molar-refractivity contribution >= 4 is 27.9 Å². The molecule has 5 rings (SSSR count). The summed E-state index contributed by atoms with van der Waals surface area (Å²) < 4.78 is 2.09. The van der Waals surface area contributed by atoms with Gasteiger partial charge in [0.15, 0.2) is 4.96 Å². The van der Waals surface area contributed by atoms with Crippen molar-refractivity contribution in [2.45, 2.75) is 12.8 Å². The third kappa shape index (κ3) is 3.88. The number of imidazole rings is 1. The van der Waals surface area contributed by atoms with Gasteiger partial charge >= 0.3 is 0 Å². The highest BCUT2D eigenvalue weighted by Crippen LogP contribution is 2.28. The van der Waals surface area contributed by atoms with Gasteiger partial charge in [-0.15, -0.1) is 11.3 Å². The van der Waals surface area contributed by atoms with Crippen LogP contribution in [0.5, 0.6) is 0 Å². The minimum atomic E-state index is -0.383. The standard InChI is InChI=1S/C26H21N3OS/c1-18-17-31-26-28-23(16-29(18)26)21-13-8-14-22(15-21)27-25(30)24(19-9-4-2-5-10-19)20-11-6-3-7-12-20/h2-17,24H,1H3,(H,27,30). The van der Waals surface area contributed by atoms with Crippen LogP contribution < -0.4 is 5.32 Å². The zero-order valence-corrected chi connectivity index (χ0v) is 17.8. The van der Waals surface area contributed by atoms with Crippen LogP contribution in [0.3, 0.4) is 0 Å². The van der Waals surface area contributed by atoms with E-state index < -0.39 is 0 Å². The molecule has 0 saturated carbocycles. The van der Waals surface area contributed by atoms with Gasteiger partial charge in [0.1, 0.15) is 0 Å². The minimum absolute atomic E-state index is 0.0591. The number of carbonyl (C=O) groups excluding carboxylic acids is 1. The summed E-state index contributed by atoms with van der Waals surface area (Å²) in [5.41, 5.74) is 5.72. The molecule has 1 amide bonds. The molecule has 152 valence electrons. The van der Waals surface area contributed by atoms with Gasteiger partial charge in [0.05, 0.1) is 11.6 Å². The minimum Gasteiger partial charge on any atom is -0.325 e. The number of amides is 1. The fourth-order valence-corrected chi connectivity index (χ4v) is 4.64. The number of hydrogen-bond donors (Lipinski definition) is 1. The number of anilines is 1. The van der Waals surface area contributed by atoms with Gasteiger partial charge in [-0.3, -0.25) is 9.20 Å². The van der Waals surface area contributed by atoms with Crippen molar-refractivity contribution in [1.29, 1.82) is 0 Å². The molecule has 0 aliphatic rings. The lowest BCUT2D eigenvalue weighted by atomic mass is 9.90. The van der Waals surface area contributed by atoms with Crippen molar-refractivity contribution in [3.63, 3.8) is 0 Å². The number of carbonyl (C=O) groups is 1. The highest BCUT2D eigenvalue weighted by molar-refractivity contribution is 7.15. The summed E-state index contributed by atoms with van der Waals surface area (Å²) >= 11 is 1.63. The van der Waals surface area contributed by atoms with Crippen molar-refractivity contribution in [1.82, 2.24) is 9.38 Å². The summed E-state index contributed by atoms with van der Waals surface area (Å²) in [7, 11) is 0. The number of fused-ring (bicyclic) bond motifs is 1. The van der Waals surface area contributed by atoms with E-state index in [0.29, 0.717) is 0 Å². The molecule has 0 fully saturated rings. The lowest BCUT2D eigenvalue weighted by Crippen LogP contribution is -2.22. The molecule has 4 nitrogen and oxygen atoms in total. The molecule has 0 unspecified atom stereocenters. The second kappa shape index (κ2) is 8.20. The number of benzene rings is 3. The highest BCUT2D eigenvalue weighted by atomic mass is 32.1. The van der Waals surface area contributed by atoms with Crippen LogP contribution in [0.25, 0.3) is 16.2 Å². The highest BCUT2D eigenvalue weighted by Gasteiger charge is 2.22. The van der Waals surface area contributed by atoms with Gasteiger partial charge in [-0.2, -0.15) is 0 Å². The molecule has 5 aromatic rings. The normalized spacial score (nSPS) is 11.2. The van der Waals surface area contributed by atoms with E-state index in [1.807, 2.05) is 91.1 Å². The van der Waals surface area contributed by atoms with Gasteiger partial charge in [0.25, 0.3) is 0 Å². The number of nitrogens with zero attached hydrogens (tertiary/aromatic N) is 2. The monoisotopic (exact) mass is 423 g/mol. The van der Waals surface area contributed by atoms with Crippen molar-refractivity contribution in [2.24, 2.45) is 0 Å². The fourth-order valence-electron chi connectivity index (χ4n) is 3.79. The Balaban J connectivity index is 1.45. The maximum Gasteiger partial charge on any atom is 0.236 e. The first-order valence-corrected chi connectivity index (χ1v) is 11.0. The maximum absolute atomic E-state index is 13.4. The van der Waals surface area contributed by atoms with Gasteiger partial charge < -0.3 is 5.32 Å². The first-order chi connectivity index (χ1) is 15.2. The summed E-state index contributed by atoms with van der Waals surface area (Å²) in [6, 6.07) is 27.6. The van der Waals surface area contributed by atoms with Crippen molar-refractivity contribution in [3.8, 4) is 11.3 Å². The molecular formula is C26H21N3OS. The number of rotatable bonds is 5. The molecule has 0 aliphatic carbocycles. The maximum atomic E-state index is 13.4. The zero-order valence-electron chi connectivity index (χ0n) is 17.0. The Bertz CT molecular complexity index is 1300. The summed E-state index contributed by atoms with van der Waals surface area (Å²) in [5.74, 6) is -0.442. The predicted molar refractivity (Wildman–Crippen MR) is 127 cm³/mol. The van der Waals surface area contributed by atoms with Crippen LogP contribution >= 0.6 is 11.3 Å². The predicted octanol–water partition coefficient (Wildman–Crippen LogP) is 6.14. The Morgan fingerprint density at radius 2 is 1.61 bits per heavy atom. The second-order valence-electron chi connectivity index (χ2n) is 7.48. The SMILES string of the molecule is Cc1csc2nc(-c3cccc(NC(=O)C(c4ccccc4)c4ccccc4)c3)cn12. The summed E-state index contributed by atoms with van der Waals surface area (Å²) in [4.78, 5) is 19.1. The van der Waals surface area contributed by atoms with Crippen LogP contribution in [0, 0.1) is 6.92 Å². The third-order valence-corrected chi connectivity index (χ3v) is 6.30.